The van der Waals surface area contributed by atoms with Crippen LogP contribution in [0.4, 0.5) is 9.18 Å². The average Bonchev–Trinajstić information content (AvgIpc) is 2.63. The standard InChI is InChI=1S/C22H21ClFN3O3/c1-22(2,3)30-21(28)27-10-14(11-27)13-7-8-17-15(9-13)20(26-12-25-17)29-18-6-4-5-16(23)19(18)24/h4-9,12,14H,10-11H2,1-3H3. The molecule has 1 saturated heterocycles. The highest BCUT2D eigenvalue weighted by Gasteiger charge is 2.34. The van der Waals surface area contributed by atoms with E-state index in [4.69, 9.17) is 21.1 Å². The van der Waals surface area contributed by atoms with E-state index in [1.165, 1.54) is 18.5 Å². The van der Waals surface area contributed by atoms with Crippen LogP contribution in [0.2, 0.25) is 5.02 Å². The number of carbonyl (C=O) groups excluding carboxylic acids is 1. The third-order valence-electron chi connectivity index (χ3n) is 4.75. The molecule has 1 aliphatic heterocycles. The fourth-order valence-corrected chi connectivity index (χ4v) is 3.38. The van der Waals surface area contributed by atoms with Gasteiger partial charge in [-0.3, -0.25) is 0 Å². The number of likely N-dealkylation sites (tertiary alicyclic amines) is 1. The number of carbonyl (C=O) groups is 1. The normalized spacial score (nSPS) is 14.5. The summed E-state index contributed by atoms with van der Waals surface area (Å²) in [6.07, 6.45) is 1.05. The molecule has 1 aliphatic rings. The highest BCUT2D eigenvalue weighted by Crippen LogP contribution is 2.34. The van der Waals surface area contributed by atoms with Crippen molar-refractivity contribution in [1.82, 2.24) is 14.9 Å². The number of ether oxygens (including phenoxy) is 2. The second-order valence-corrected chi connectivity index (χ2v) is 8.60. The van der Waals surface area contributed by atoms with Gasteiger partial charge < -0.3 is 14.4 Å². The smallest absolute Gasteiger partial charge is 0.410 e. The molecule has 1 fully saturated rings. The first-order chi connectivity index (χ1) is 14.2. The first kappa shape index (κ1) is 20.3. The molecule has 0 radical (unpaired) electrons. The van der Waals surface area contributed by atoms with Crippen LogP contribution < -0.4 is 4.74 Å². The van der Waals surface area contributed by atoms with Crippen molar-refractivity contribution < 1.29 is 18.7 Å². The summed E-state index contributed by atoms with van der Waals surface area (Å²) in [5.41, 5.74) is 1.17. The van der Waals surface area contributed by atoms with Gasteiger partial charge in [0, 0.05) is 19.0 Å². The summed E-state index contributed by atoms with van der Waals surface area (Å²) in [7, 11) is 0. The van der Waals surface area contributed by atoms with Crippen LogP contribution in [0.3, 0.4) is 0 Å². The van der Waals surface area contributed by atoms with Gasteiger partial charge in [-0.05, 0) is 50.6 Å². The van der Waals surface area contributed by atoms with Gasteiger partial charge in [0.1, 0.15) is 11.9 Å². The van der Waals surface area contributed by atoms with Gasteiger partial charge in [-0.15, -0.1) is 0 Å². The second kappa shape index (κ2) is 7.72. The SMILES string of the molecule is CC(C)(C)OC(=O)N1CC(c2ccc3ncnc(Oc4cccc(Cl)c4F)c3c2)C1. The Kier molecular flexibility index (Phi) is 5.24. The Morgan fingerprint density at radius 1 is 1.20 bits per heavy atom. The zero-order valence-corrected chi connectivity index (χ0v) is 17.6. The van der Waals surface area contributed by atoms with Gasteiger partial charge >= 0.3 is 6.09 Å². The lowest BCUT2D eigenvalue weighted by Crippen LogP contribution is -2.50. The molecule has 30 heavy (non-hydrogen) atoms. The van der Waals surface area contributed by atoms with Crippen LogP contribution in [0.5, 0.6) is 11.6 Å². The van der Waals surface area contributed by atoms with Crippen molar-refractivity contribution in [3.63, 3.8) is 0 Å². The highest BCUT2D eigenvalue weighted by atomic mass is 35.5. The van der Waals surface area contributed by atoms with Crippen molar-refractivity contribution in [3.05, 3.63) is 59.1 Å². The Balaban J connectivity index is 1.55. The van der Waals surface area contributed by atoms with Crippen molar-refractivity contribution in [2.75, 3.05) is 13.1 Å². The number of hydrogen-bond donors (Lipinski definition) is 0. The Morgan fingerprint density at radius 2 is 1.97 bits per heavy atom. The minimum Gasteiger partial charge on any atom is -0.444 e. The third kappa shape index (κ3) is 4.16. The van der Waals surface area contributed by atoms with Gasteiger partial charge in [0.25, 0.3) is 0 Å². The van der Waals surface area contributed by atoms with Crippen LogP contribution in [-0.4, -0.2) is 39.7 Å². The Morgan fingerprint density at radius 3 is 2.70 bits per heavy atom. The molecule has 2 aromatic carbocycles. The first-order valence-electron chi connectivity index (χ1n) is 9.56. The first-order valence-corrected chi connectivity index (χ1v) is 9.93. The molecule has 6 nitrogen and oxygen atoms in total. The molecule has 2 heterocycles. The number of fused-ring (bicyclic) bond motifs is 1. The van der Waals surface area contributed by atoms with E-state index in [0.717, 1.165) is 5.56 Å². The number of hydrogen-bond acceptors (Lipinski definition) is 5. The third-order valence-corrected chi connectivity index (χ3v) is 5.04. The Bertz CT molecular complexity index is 1110. The summed E-state index contributed by atoms with van der Waals surface area (Å²) in [4.78, 5) is 22.3. The van der Waals surface area contributed by atoms with E-state index in [1.807, 2.05) is 39.0 Å². The summed E-state index contributed by atoms with van der Waals surface area (Å²) in [6, 6.07) is 10.3. The number of amides is 1. The lowest BCUT2D eigenvalue weighted by atomic mass is 9.91. The molecule has 0 unspecified atom stereocenters. The summed E-state index contributed by atoms with van der Waals surface area (Å²) in [5.74, 6) is -0.244. The quantitative estimate of drug-likeness (QED) is 0.546. The molecule has 8 heteroatoms. The maximum Gasteiger partial charge on any atom is 0.410 e. The summed E-state index contributed by atoms with van der Waals surface area (Å²) in [6.45, 7) is 6.65. The predicted octanol–water partition coefficient (Wildman–Crippen LogP) is 5.55. The van der Waals surface area contributed by atoms with Crippen LogP contribution in [0.1, 0.15) is 32.3 Å². The Labute approximate surface area is 178 Å². The molecule has 0 N–H and O–H groups in total. The monoisotopic (exact) mass is 429 g/mol. The van der Waals surface area contributed by atoms with Crippen LogP contribution in [-0.2, 0) is 4.74 Å². The van der Waals surface area contributed by atoms with E-state index in [9.17, 15) is 9.18 Å². The van der Waals surface area contributed by atoms with Crippen molar-refractivity contribution in [2.45, 2.75) is 32.3 Å². The van der Waals surface area contributed by atoms with Crippen molar-refractivity contribution in [1.29, 1.82) is 0 Å². The van der Waals surface area contributed by atoms with Crippen LogP contribution in [0.15, 0.2) is 42.7 Å². The fraction of sp³-hybridized carbons (Fsp3) is 0.318. The van der Waals surface area contributed by atoms with Gasteiger partial charge in [0.15, 0.2) is 11.6 Å². The second-order valence-electron chi connectivity index (χ2n) is 8.19. The van der Waals surface area contributed by atoms with E-state index in [2.05, 4.69) is 9.97 Å². The highest BCUT2D eigenvalue weighted by molar-refractivity contribution is 6.30. The minimum absolute atomic E-state index is 0.00681. The van der Waals surface area contributed by atoms with Crippen molar-refractivity contribution in [3.8, 4) is 11.6 Å². The lowest BCUT2D eigenvalue weighted by molar-refractivity contribution is 0.00820. The molecule has 1 aromatic heterocycles. The van der Waals surface area contributed by atoms with Crippen molar-refractivity contribution >= 4 is 28.6 Å². The lowest BCUT2D eigenvalue weighted by Gasteiger charge is -2.40. The fourth-order valence-electron chi connectivity index (χ4n) is 3.22. The molecule has 0 aliphatic carbocycles. The molecule has 1 amide bonds. The Hall–Kier alpha value is -2.93. The number of aromatic nitrogens is 2. The van der Waals surface area contributed by atoms with Crippen LogP contribution >= 0.6 is 11.6 Å². The number of benzene rings is 2. The molecule has 3 aromatic rings. The largest absolute Gasteiger partial charge is 0.444 e. The van der Waals surface area contributed by atoms with E-state index in [0.29, 0.717) is 24.0 Å². The van der Waals surface area contributed by atoms with Crippen LogP contribution in [0, 0.1) is 5.82 Å². The molecule has 0 spiro atoms. The van der Waals surface area contributed by atoms with Gasteiger partial charge in [-0.2, -0.15) is 0 Å². The molecular weight excluding hydrogens is 409 g/mol. The maximum absolute atomic E-state index is 14.2. The molecule has 0 bridgehead atoms. The van der Waals surface area contributed by atoms with Gasteiger partial charge in [0.05, 0.1) is 15.9 Å². The van der Waals surface area contributed by atoms with Gasteiger partial charge in [-0.1, -0.05) is 23.7 Å². The number of rotatable bonds is 3. The number of halogens is 2. The zero-order valence-electron chi connectivity index (χ0n) is 16.9. The van der Waals surface area contributed by atoms with E-state index >= 15 is 0 Å². The van der Waals surface area contributed by atoms with Gasteiger partial charge in [0.2, 0.25) is 5.88 Å². The van der Waals surface area contributed by atoms with E-state index < -0.39 is 11.4 Å². The van der Waals surface area contributed by atoms with Gasteiger partial charge in [-0.25, -0.2) is 19.2 Å². The van der Waals surface area contributed by atoms with E-state index in [-0.39, 0.29) is 28.7 Å². The summed E-state index contributed by atoms with van der Waals surface area (Å²) in [5, 5.41) is 0.633. The summed E-state index contributed by atoms with van der Waals surface area (Å²) >= 11 is 5.84. The van der Waals surface area contributed by atoms with Crippen LogP contribution in [0.25, 0.3) is 10.9 Å². The molecule has 156 valence electrons. The maximum atomic E-state index is 14.2. The molecule has 4 rings (SSSR count). The van der Waals surface area contributed by atoms with Crippen molar-refractivity contribution in [2.24, 2.45) is 0 Å². The predicted molar refractivity (Wildman–Crippen MR) is 112 cm³/mol. The average molecular weight is 430 g/mol. The molecular formula is C22H21ClFN3O3. The minimum atomic E-state index is -0.644. The molecule has 0 atom stereocenters. The van der Waals surface area contributed by atoms with E-state index in [1.54, 1.807) is 11.0 Å². The molecule has 0 saturated carbocycles. The number of nitrogens with zero attached hydrogens (tertiary/aromatic N) is 3. The summed E-state index contributed by atoms with van der Waals surface area (Å²) < 4.78 is 25.4. The topological polar surface area (TPSA) is 64.5 Å². The zero-order chi connectivity index (χ0) is 21.5.